The summed E-state index contributed by atoms with van der Waals surface area (Å²) in [7, 11) is 3.22. The first-order valence-corrected chi connectivity index (χ1v) is 11.0. The van der Waals surface area contributed by atoms with Crippen LogP contribution in [0.3, 0.4) is 0 Å². The molecular formula is C22H23FN4O2S2. The van der Waals surface area contributed by atoms with Crippen LogP contribution in [0.15, 0.2) is 42.7 Å². The molecule has 1 aliphatic heterocycles. The van der Waals surface area contributed by atoms with E-state index in [0.29, 0.717) is 35.3 Å². The summed E-state index contributed by atoms with van der Waals surface area (Å²) in [4.78, 5) is 6.56. The normalized spacial score (nSPS) is 18.1. The number of halogens is 1. The van der Waals surface area contributed by atoms with E-state index < -0.39 is 5.41 Å². The van der Waals surface area contributed by atoms with E-state index in [1.165, 1.54) is 11.5 Å². The number of thiocarbonyl (C=S) groups is 1. The first-order valence-electron chi connectivity index (χ1n) is 9.78. The summed E-state index contributed by atoms with van der Waals surface area (Å²) in [5.41, 5.74) is 1.76. The molecule has 0 amide bonds. The van der Waals surface area contributed by atoms with E-state index >= 15 is 0 Å². The zero-order chi connectivity index (χ0) is 22.0. The van der Waals surface area contributed by atoms with Crippen LogP contribution in [-0.2, 0) is 5.41 Å². The van der Waals surface area contributed by atoms with Gasteiger partial charge in [0.2, 0.25) is 0 Å². The number of aryl methyl sites for hydroxylation is 1. The molecule has 162 valence electrons. The highest BCUT2D eigenvalue weighted by atomic mass is 32.1. The molecule has 6 nitrogen and oxygen atoms in total. The van der Waals surface area contributed by atoms with E-state index in [9.17, 15) is 4.39 Å². The van der Waals surface area contributed by atoms with Crippen LogP contribution in [-0.4, -0.2) is 46.7 Å². The van der Waals surface area contributed by atoms with E-state index in [0.717, 1.165) is 22.7 Å². The molecule has 1 N–H and O–H groups in total. The highest BCUT2D eigenvalue weighted by Gasteiger charge is 2.44. The zero-order valence-electron chi connectivity index (χ0n) is 17.5. The van der Waals surface area contributed by atoms with Crippen LogP contribution in [0.25, 0.3) is 0 Å². The van der Waals surface area contributed by atoms with Gasteiger partial charge in [-0.1, -0.05) is 12.1 Å². The molecule has 1 saturated heterocycles. The summed E-state index contributed by atoms with van der Waals surface area (Å²) in [6.07, 6.45) is 2.30. The van der Waals surface area contributed by atoms with Crippen molar-refractivity contribution >= 4 is 34.6 Å². The highest BCUT2D eigenvalue weighted by molar-refractivity contribution is 7.80. The average Bonchev–Trinajstić information content (AvgIpc) is 3.46. The third kappa shape index (κ3) is 4.07. The standard InChI is InChI=1S/C22H23FN4O2S2/c1-14-4-5-15(10-17(14)23)22(20-24-13-25-31-20)8-9-27(12-22)21(30)26-18-11-16(28-2)6-7-19(18)29-3/h4-7,10-11,13H,8-9,12H2,1-3H3,(H,26,30)/t22-/m1/s1. The molecule has 0 radical (unpaired) electrons. The molecule has 1 fully saturated rings. The Bertz CT molecular complexity index is 1090. The number of hydrogen-bond acceptors (Lipinski definition) is 6. The summed E-state index contributed by atoms with van der Waals surface area (Å²) in [6.45, 7) is 3.04. The van der Waals surface area contributed by atoms with E-state index in [-0.39, 0.29) is 5.82 Å². The van der Waals surface area contributed by atoms with Crippen molar-refractivity contribution in [3.05, 3.63) is 64.7 Å². The number of anilines is 1. The molecule has 9 heteroatoms. The molecule has 4 rings (SSSR count). The Kier molecular flexibility index (Phi) is 6.06. The van der Waals surface area contributed by atoms with Gasteiger partial charge in [-0.2, -0.15) is 4.37 Å². The predicted molar refractivity (Wildman–Crippen MR) is 124 cm³/mol. The smallest absolute Gasteiger partial charge is 0.173 e. The molecule has 0 saturated carbocycles. The van der Waals surface area contributed by atoms with Crippen molar-refractivity contribution < 1.29 is 13.9 Å². The molecule has 0 unspecified atom stereocenters. The van der Waals surface area contributed by atoms with Gasteiger partial charge in [0.1, 0.15) is 28.7 Å². The van der Waals surface area contributed by atoms with Gasteiger partial charge in [0.25, 0.3) is 0 Å². The average molecular weight is 459 g/mol. The van der Waals surface area contributed by atoms with Crippen LogP contribution in [0.4, 0.5) is 10.1 Å². The Morgan fingerprint density at radius 3 is 2.74 bits per heavy atom. The van der Waals surface area contributed by atoms with Gasteiger partial charge in [-0.3, -0.25) is 0 Å². The lowest BCUT2D eigenvalue weighted by atomic mass is 9.80. The van der Waals surface area contributed by atoms with E-state index in [2.05, 4.69) is 19.6 Å². The van der Waals surface area contributed by atoms with Gasteiger partial charge in [-0.05, 0) is 66.4 Å². The van der Waals surface area contributed by atoms with Gasteiger partial charge in [-0.25, -0.2) is 9.37 Å². The quantitative estimate of drug-likeness (QED) is 0.569. The Morgan fingerprint density at radius 1 is 1.23 bits per heavy atom. The fraction of sp³-hybridized carbons (Fsp3) is 0.318. The second-order valence-corrected chi connectivity index (χ2v) is 8.63. The molecule has 1 aromatic heterocycles. The Hall–Kier alpha value is -2.78. The van der Waals surface area contributed by atoms with Crippen molar-refractivity contribution in [3.8, 4) is 11.5 Å². The molecule has 0 aliphatic carbocycles. The van der Waals surface area contributed by atoms with Crippen LogP contribution < -0.4 is 14.8 Å². The number of ether oxygens (including phenoxy) is 2. The van der Waals surface area contributed by atoms with Crippen molar-refractivity contribution in [2.45, 2.75) is 18.8 Å². The molecule has 1 aliphatic rings. The predicted octanol–water partition coefficient (Wildman–Crippen LogP) is 4.39. The van der Waals surface area contributed by atoms with Gasteiger partial charge in [0.15, 0.2) is 5.11 Å². The van der Waals surface area contributed by atoms with E-state index in [4.69, 9.17) is 21.7 Å². The minimum absolute atomic E-state index is 0.221. The van der Waals surface area contributed by atoms with Crippen molar-refractivity contribution in [2.75, 3.05) is 32.6 Å². The van der Waals surface area contributed by atoms with Gasteiger partial charge in [-0.15, -0.1) is 0 Å². The van der Waals surface area contributed by atoms with Crippen molar-refractivity contribution in [1.29, 1.82) is 0 Å². The number of benzene rings is 2. The number of nitrogens with one attached hydrogen (secondary N) is 1. The Balaban J connectivity index is 1.62. The molecule has 0 bridgehead atoms. The lowest BCUT2D eigenvalue weighted by Crippen LogP contribution is -2.37. The molecular weight excluding hydrogens is 435 g/mol. The Labute approximate surface area is 190 Å². The maximum absolute atomic E-state index is 14.4. The van der Waals surface area contributed by atoms with Crippen LogP contribution >= 0.6 is 23.8 Å². The minimum Gasteiger partial charge on any atom is -0.497 e. The highest BCUT2D eigenvalue weighted by Crippen LogP contribution is 2.42. The summed E-state index contributed by atoms with van der Waals surface area (Å²) in [5.74, 6) is 1.14. The largest absolute Gasteiger partial charge is 0.497 e. The van der Waals surface area contributed by atoms with Crippen LogP contribution in [0.5, 0.6) is 11.5 Å². The van der Waals surface area contributed by atoms with Crippen molar-refractivity contribution in [1.82, 2.24) is 14.3 Å². The third-order valence-corrected chi connectivity index (χ3v) is 6.93. The summed E-state index contributed by atoms with van der Waals surface area (Å²) in [6, 6.07) is 10.9. The Morgan fingerprint density at radius 2 is 2.06 bits per heavy atom. The van der Waals surface area contributed by atoms with Crippen LogP contribution in [0.2, 0.25) is 0 Å². The fourth-order valence-corrected chi connectivity index (χ4v) is 4.91. The number of methoxy groups -OCH3 is 2. The van der Waals surface area contributed by atoms with Crippen molar-refractivity contribution in [2.24, 2.45) is 0 Å². The van der Waals surface area contributed by atoms with Crippen molar-refractivity contribution in [3.63, 3.8) is 0 Å². The fourth-order valence-electron chi connectivity index (χ4n) is 3.90. The number of rotatable bonds is 5. The minimum atomic E-state index is -0.472. The number of hydrogen-bond donors (Lipinski definition) is 1. The topological polar surface area (TPSA) is 59.5 Å². The molecule has 0 spiro atoms. The third-order valence-electron chi connectivity index (χ3n) is 5.70. The molecule has 2 heterocycles. The van der Waals surface area contributed by atoms with Gasteiger partial charge in [0, 0.05) is 19.2 Å². The second-order valence-electron chi connectivity index (χ2n) is 7.46. The molecule has 31 heavy (non-hydrogen) atoms. The summed E-state index contributed by atoms with van der Waals surface area (Å²) in [5, 5.41) is 4.70. The lowest BCUT2D eigenvalue weighted by molar-refractivity contribution is 0.404. The van der Waals surface area contributed by atoms with Gasteiger partial charge >= 0.3 is 0 Å². The zero-order valence-corrected chi connectivity index (χ0v) is 19.1. The maximum Gasteiger partial charge on any atom is 0.173 e. The second kappa shape index (κ2) is 8.76. The SMILES string of the molecule is COc1ccc(OC)c(NC(=S)N2CC[C@@](c3ccc(C)c(F)c3)(c3ncns3)C2)c1. The summed E-state index contributed by atoms with van der Waals surface area (Å²) >= 11 is 7.07. The van der Waals surface area contributed by atoms with E-state index in [1.807, 2.05) is 30.3 Å². The van der Waals surface area contributed by atoms with Crippen LogP contribution in [0, 0.1) is 12.7 Å². The van der Waals surface area contributed by atoms with Gasteiger partial charge in [0.05, 0.1) is 25.3 Å². The monoisotopic (exact) mass is 458 g/mol. The van der Waals surface area contributed by atoms with Crippen LogP contribution in [0.1, 0.15) is 22.6 Å². The molecule has 3 aromatic rings. The van der Waals surface area contributed by atoms with E-state index in [1.54, 1.807) is 33.5 Å². The van der Waals surface area contributed by atoms with Gasteiger partial charge < -0.3 is 19.7 Å². The lowest BCUT2D eigenvalue weighted by Gasteiger charge is -2.29. The summed E-state index contributed by atoms with van der Waals surface area (Å²) < 4.78 is 29.4. The number of aromatic nitrogens is 2. The first kappa shape index (κ1) is 21.5. The first-order chi connectivity index (χ1) is 15.0. The molecule has 1 atom stereocenters. The molecule has 2 aromatic carbocycles. The maximum atomic E-state index is 14.4. The number of likely N-dealkylation sites (tertiary alicyclic amines) is 1. The number of nitrogens with zero attached hydrogens (tertiary/aromatic N) is 3.